The van der Waals surface area contributed by atoms with Crippen LogP contribution in [0.2, 0.25) is 0 Å². The van der Waals surface area contributed by atoms with Crippen LogP contribution in [0.25, 0.3) is 0 Å². The van der Waals surface area contributed by atoms with Gasteiger partial charge in [-0.05, 0) is 62.3 Å². The number of aryl methyl sites for hydroxylation is 1. The van der Waals surface area contributed by atoms with Crippen LogP contribution in [-0.4, -0.2) is 55.6 Å². The van der Waals surface area contributed by atoms with Crippen molar-refractivity contribution in [1.82, 2.24) is 9.21 Å². The molecule has 2 amide bonds. The Labute approximate surface area is 192 Å². The molecule has 2 aliphatic heterocycles. The quantitative estimate of drug-likeness (QED) is 0.604. The van der Waals surface area contributed by atoms with Crippen molar-refractivity contribution in [2.75, 3.05) is 31.5 Å². The summed E-state index contributed by atoms with van der Waals surface area (Å²) in [6, 6.07) is 4.97. The Kier molecular flexibility index (Phi) is 8.71. The number of carbonyl (C=O) groups excluding carboxylic acids is 2. The zero-order chi connectivity index (χ0) is 23.1. The van der Waals surface area contributed by atoms with E-state index < -0.39 is 10.0 Å². The maximum atomic E-state index is 13.3. The van der Waals surface area contributed by atoms with E-state index in [-0.39, 0.29) is 22.6 Å². The van der Waals surface area contributed by atoms with Gasteiger partial charge in [-0.1, -0.05) is 26.7 Å². The largest absolute Gasteiger partial charge is 0.342 e. The number of anilines is 1. The highest BCUT2D eigenvalue weighted by Crippen LogP contribution is 2.29. The van der Waals surface area contributed by atoms with E-state index in [9.17, 15) is 18.0 Å². The smallest absolute Gasteiger partial charge is 0.243 e. The third-order valence-corrected chi connectivity index (χ3v) is 8.41. The van der Waals surface area contributed by atoms with E-state index in [1.54, 1.807) is 18.2 Å². The average Bonchev–Trinajstić information content (AvgIpc) is 2.98. The summed E-state index contributed by atoms with van der Waals surface area (Å²) in [7, 11) is -3.62. The molecule has 3 rings (SSSR count). The molecule has 0 aliphatic carbocycles. The van der Waals surface area contributed by atoms with Crippen molar-refractivity contribution in [3.05, 3.63) is 23.8 Å². The van der Waals surface area contributed by atoms with Gasteiger partial charge in [-0.3, -0.25) is 9.59 Å². The van der Waals surface area contributed by atoms with Gasteiger partial charge in [0.1, 0.15) is 0 Å². The minimum absolute atomic E-state index is 0.0296. The average molecular weight is 464 g/mol. The Morgan fingerprint density at radius 1 is 1.09 bits per heavy atom. The molecule has 2 aliphatic rings. The second kappa shape index (κ2) is 11.3. The molecule has 0 spiro atoms. The number of nitrogens with one attached hydrogen (secondary N) is 1. The molecule has 0 bridgehead atoms. The first-order valence-corrected chi connectivity index (χ1v) is 13.5. The van der Waals surface area contributed by atoms with Crippen LogP contribution in [0.15, 0.2) is 23.1 Å². The lowest BCUT2D eigenvalue weighted by molar-refractivity contribution is -0.137. The van der Waals surface area contributed by atoms with Gasteiger partial charge in [-0.25, -0.2) is 8.42 Å². The molecule has 1 aromatic rings. The fraction of sp³-hybridized carbons (Fsp3) is 0.667. The molecule has 1 aromatic carbocycles. The molecular formula is C24H37N3O4S. The van der Waals surface area contributed by atoms with Crippen molar-refractivity contribution >= 4 is 27.5 Å². The molecule has 178 valence electrons. The summed E-state index contributed by atoms with van der Waals surface area (Å²) in [5, 5.41) is 2.85. The Hall–Kier alpha value is -1.93. The summed E-state index contributed by atoms with van der Waals surface area (Å²) in [6.45, 7) is 6.56. The van der Waals surface area contributed by atoms with E-state index in [0.717, 1.165) is 44.3 Å². The number of benzene rings is 1. The molecule has 2 heterocycles. The Balaban J connectivity index is 1.65. The maximum Gasteiger partial charge on any atom is 0.243 e. The summed E-state index contributed by atoms with van der Waals surface area (Å²) in [4.78, 5) is 27.1. The van der Waals surface area contributed by atoms with Crippen LogP contribution in [0, 0.1) is 5.92 Å². The number of nitrogens with zero attached hydrogens (tertiary/aromatic N) is 2. The lowest BCUT2D eigenvalue weighted by Gasteiger charge is -2.34. The van der Waals surface area contributed by atoms with E-state index in [1.807, 2.05) is 4.90 Å². The van der Waals surface area contributed by atoms with Crippen molar-refractivity contribution in [3.8, 4) is 0 Å². The Bertz CT molecular complexity index is 900. The van der Waals surface area contributed by atoms with Crippen molar-refractivity contribution in [1.29, 1.82) is 0 Å². The maximum absolute atomic E-state index is 13.3. The molecule has 1 N–H and O–H groups in total. The molecule has 1 fully saturated rings. The third kappa shape index (κ3) is 5.90. The van der Waals surface area contributed by atoms with Crippen molar-refractivity contribution in [2.45, 2.75) is 76.5 Å². The number of hydrogen-bond donors (Lipinski definition) is 1. The number of unbranched alkanes of at least 4 members (excludes halogenated alkanes) is 2. The van der Waals surface area contributed by atoms with Crippen LogP contribution in [0.5, 0.6) is 0 Å². The monoisotopic (exact) mass is 463 g/mol. The number of sulfonamides is 1. The fourth-order valence-electron chi connectivity index (χ4n) is 4.49. The van der Waals surface area contributed by atoms with Crippen LogP contribution in [0.3, 0.4) is 0 Å². The first-order valence-electron chi connectivity index (χ1n) is 12.1. The van der Waals surface area contributed by atoms with Gasteiger partial charge in [0.05, 0.1) is 4.90 Å². The van der Waals surface area contributed by atoms with E-state index in [0.29, 0.717) is 50.9 Å². The van der Waals surface area contributed by atoms with Crippen molar-refractivity contribution in [3.63, 3.8) is 0 Å². The minimum atomic E-state index is -3.62. The molecular weight excluding hydrogens is 426 g/mol. The predicted octanol–water partition coefficient (Wildman–Crippen LogP) is 3.79. The highest BCUT2D eigenvalue weighted by molar-refractivity contribution is 7.89. The number of rotatable bonds is 9. The molecule has 0 saturated carbocycles. The zero-order valence-electron chi connectivity index (χ0n) is 19.4. The van der Waals surface area contributed by atoms with Crippen molar-refractivity contribution < 1.29 is 18.0 Å². The second-order valence-corrected chi connectivity index (χ2v) is 10.9. The molecule has 32 heavy (non-hydrogen) atoms. The molecule has 0 atom stereocenters. The van der Waals surface area contributed by atoms with Crippen LogP contribution < -0.4 is 5.32 Å². The summed E-state index contributed by atoms with van der Waals surface area (Å²) in [6.07, 6.45) is 7.08. The Morgan fingerprint density at radius 3 is 2.38 bits per heavy atom. The van der Waals surface area contributed by atoms with E-state index in [2.05, 4.69) is 19.2 Å². The summed E-state index contributed by atoms with van der Waals surface area (Å²) >= 11 is 0. The van der Waals surface area contributed by atoms with E-state index in [4.69, 9.17) is 0 Å². The molecule has 0 radical (unpaired) electrons. The molecule has 0 unspecified atom stereocenters. The van der Waals surface area contributed by atoms with Gasteiger partial charge in [-0.15, -0.1) is 0 Å². The number of amides is 2. The van der Waals surface area contributed by atoms with Crippen LogP contribution in [0.4, 0.5) is 5.69 Å². The van der Waals surface area contributed by atoms with Gasteiger partial charge < -0.3 is 10.2 Å². The molecule has 8 heteroatoms. The molecule has 0 aromatic heterocycles. The highest BCUT2D eigenvalue weighted by Gasteiger charge is 2.34. The lowest BCUT2D eigenvalue weighted by atomic mass is 9.96. The van der Waals surface area contributed by atoms with Crippen LogP contribution in [-0.2, 0) is 26.0 Å². The second-order valence-electron chi connectivity index (χ2n) is 8.93. The third-order valence-electron chi connectivity index (χ3n) is 6.52. The van der Waals surface area contributed by atoms with Gasteiger partial charge in [0.15, 0.2) is 0 Å². The van der Waals surface area contributed by atoms with Gasteiger partial charge in [-0.2, -0.15) is 4.31 Å². The number of carbonyl (C=O) groups is 2. The molecule has 1 saturated heterocycles. The van der Waals surface area contributed by atoms with E-state index in [1.165, 1.54) is 4.31 Å². The highest BCUT2D eigenvalue weighted by atomic mass is 32.2. The van der Waals surface area contributed by atoms with Gasteiger partial charge in [0, 0.05) is 44.2 Å². The van der Waals surface area contributed by atoms with Crippen LogP contribution in [0.1, 0.15) is 70.8 Å². The standard InChI is InChI=1S/C24H37N3O4S/c1-3-5-14-26(15-6-4-2)24(29)19-12-16-27(17-13-19)32(30,31)21-10-11-22-20(18-21)8-7-9-23(28)25-22/h10-11,18-19H,3-9,12-17H2,1-2H3,(H,25,28). The van der Waals surface area contributed by atoms with Gasteiger partial charge in [0.25, 0.3) is 0 Å². The SMILES string of the molecule is CCCCN(CCCC)C(=O)C1CCN(S(=O)(=O)c2ccc3c(c2)CCCC(=O)N3)CC1. The number of piperidine rings is 1. The van der Waals surface area contributed by atoms with Crippen molar-refractivity contribution in [2.24, 2.45) is 5.92 Å². The minimum Gasteiger partial charge on any atom is -0.342 e. The first-order chi connectivity index (χ1) is 15.4. The first kappa shape index (κ1) is 24.7. The lowest BCUT2D eigenvalue weighted by Crippen LogP contribution is -2.44. The van der Waals surface area contributed by atoms with Gasteiger partial charge in [0.2, 0.25) is 21.8 Å². The normalized spacial score (nSPS) is 18.0. The fourth-order valence-corrected chi connectivity index (χ4v) is 6.01. The summed E-state index contributed by atoms with van der Waals surface area (Å²) in [5.41, 5.74) is 1.57. The topological polar surface area (TPSA) is 86.8 Å². The Morgan fingerprint density at radius 2 is 1.75 bits per heavy atom. The summed E-state index contributed by atoms with van der Waals surface area (Å²) in [5.74, 6) is 0.0557. The van der Waals surface area contributed by atoms with Crippen LogP contribution >= 0.6 is 0 Å². The summed E-state index contributed by atoms with van der Waals surface area (Å²) < 4.78 is 28.0. The zero-order valence-corrected chi connectivity index (χ0v) is 20.3. The molecule has 7 nitrogen and oxygen atoms in total. The number of hydrogen-bond acceptors (Lipinski definition) is 4. The van der Waals surface area contributed by atoms with E-state index >= 15 is 0 Å². The van der Waals surface area contributed by atoms with Gasteiger partial charge >= 0.3 is 0 Å². The number of fused-ring (bicyclic) bond motifs is 1. The predicted molar refractivity (Wildman–Crippen MR) is 126 cm³/mol.